The van der Waals surface area contributed by atoms with E-state index < -0.39 is 0 Å². The van der Waals surface area contributed by atoms with Crippen molar-refractivity contribution in [2.45, 2.75) is 72.6 Å². The molecule has 0 spiro atoms. The van der Waals surface area contributed by atoms with Crippen LogP contribution in [-0.4, -0.2) is 24.4 Å². The molecule has 3 saturated carbocycles. The van der Waals surface area contributed by atoms with Crippen molar-refractivity contribution in [3.8, 4) is 0 Å². The van der Waals surface area contributed by atoms with E-state index in [0.29, 0.717) is 52.4 Å². The molecule has 0 bridgehead atoms. The maximum absolute atomic E-state index is 13.4. The van der Waals surface area contributed by atoms with Crippen molar-refractivity contribution < 1.29 is 4.79 Å². The number of rotatable bonds is 8. The van der Waals surface area contributed by atoms with Crippen LogP contribution in [0.4, 0.5) is 0 Å². The van der Waals surface area contributed by atoms with E-state index in [9.17, 15) is 4.79 Å². The van der Waals surface area contributed by atoms with Crippen molar-refractivity contribution in [3.63, 3.8) is 0 Å². The van der Waals surface area contributed by atoms with E-state index in [1.807, 2.05) is 6.08 Å². The molecule has 4 aliphatic carbocycles. The molecule has 0 amide bonds. The highest BCUT2D eigenvalue weighted by molar-refractivity contribution is 6.29. The molecule has 0 aromatic carbocycles. The number of Topliss-reactive ketones (excluding diaryl/α,β-unsaturated/α-hetero) is 1. The molecule has 4 heteroatoms. The third-order valence-corrected chi connectivity index (χ3v) is 8.33. The molecule has 0 aromatic rings. The maximum atomic E-state index is 13.4. The van der Waals surface area contributed by atoms with Gasteiger partial charge in [-0.3, -0.25) is 4.79 Å². The van der Waals surface area contributed by atoms with Gasteiger partial charge >= 0.3 is 0 Å². The van der Waals surface area contributed by atoms with Crippen LogP contribution in [0, 0.1) is 40.9 Å². The Morgan fingerprint density at radius 1 is 1.15 bits per heavy atom. The number of nitrogens with two attached hydrogens (primary N) is 1. The van der Waals surface area contributed by atoms with Crippen LogP contribution in [-0.2, 0) is 4.79 Å². The Kier molecular flexibility index (Phi) is 7.28. The summed E-state index contributed by atoms with van der Waals surface area (Å²) in [5.41, 5.74) is 11.1. The third kappa shape index (κ3) is 5.13. The monoisotopic (exact) mass is 459 g/mol. The van der Waals surface area contributed by atoms with Crippen LogP contribution in [0.2, 0.25) is 0 Å². The number of carbonyl (C=O) groups excluding carboxylic acids is 1. The summed E-state index contributed by atoms with van der Waals surface area (Å²) < 4.78 is 0. The number of allylic oxidation sites excluding steroid dienone is 7. The summed E-state index contributed by atoms with van der Waals surface area (Å²) in [7, 11) is 1.72. The van der Waals surface area contributed by atoms with Crippen LogP contribution in [0.1, 0.15) is 72.6 Å². The minimum absolute atomic E-state index is 0.107. The molecule has 0 saturated heterocycles. The number of hydrogen-bond acceptors (Lipinski definition) is 4. The van der Waals surface area contributed by atoms with E-state index >= 15 is 0 Å². The van der Waals surface area contributed by atoms with Gasteiger partial charge in [0.2, 0.25) is 0 Å². The average molecular weight is 460 g/mol. The molecular weight excluding hydrogens is 418 g/mol. The molecule has 0 aliphatic heterocycles. The molecule has 3 fully saturated rings. The SMILES string of the molecule is CN=C=C(/C=C(\C)C1CCC[C@@H]1C(C)C)C1=C/C(=C\C(C2CC2)C2CC2)C(=O)C(C(C)=N)=C1N. The standard InChI is InChI=1S/C30H41N3O/c1-17(2)24-7-6-8-25(24)18(3)13-23(16-33-5)27-15-22(30(34)28(19(4)31)29(27)32)14-26(20-9-10-20)21-11-12-21/h13-15,17,20-21,24-26,31H,6-12,32H2,1-5H3/b18-13+,22-14+,31-19?/t24-,25?/m1/s1. The number of aliphatic imine (C=N–C) groups is 1. The molecule has 3 N–H and O–H groups in total. The first kappa shape index (κ1) is 24.7. The molecule has 182 valence electrons. The molecule has 0 aromatic heterocycles. The third-order valence-electron chi connectivity index (χ3n) is 8.33. The van der Waals surface area contributed by atoms with Crippen molar-refractivity contribution in [2.75, 3.05) is 7.05 Å². The lowest BCUT2D eigenvalue weighted by Crippen LogP contribution is -2.24. The Morgan fingerprint density at radius 2 is 1.79 bits per heavy atom. The molecule has 4 nitrogen and oxygen atoms in total. The van der Waals surface area contributed by atoms with Gasteiger partial charge in [-0.1, -0.05) is 31.9 Å². The van der Waals surface area contributed by atoms with Gasteiger partial charge in [0.25, 0.3) is 0 Å². The topological polar surface area (TPSA) is 79.3 Å². The zero-order valence-corrected chi connectivity index (χ0v) is 21.6. The van der Waals surface area contributed by atoms with Crippen molar-refractivity contribution >= 4 is 17.4 Å². The van der Waals surface area contributed by atoms with Gasteiger partial charge in [-0.25, -0.2) is 4.99 Å². The molecule has 0 radical (unpaired) electrons. The fourth-order valence-corrected chi connectivity index (χ4v) is 6.22. The second-order valence-electron chi connectivity index (χ2n) is 11.3. The molecule has 2 atom stereocenters. The zero-order valence-electron chi connectivity index (χ0n) is 21.6. The smallest absolute Gasteiger partial charge is 0.196 e. The normalized spacial score (nSPS) is 26.9. The Balaban J connectivity index is 1.76. The molecule has 0 heterocycles. The van der Waals surface area contributed by atoms with E-state index in [0.717, 1.165) is 11.1 Å². The molecule has 4 rings (SSSR count). The Hall–Kier alpha value is -2.45. The predicted molar refractivity (Wildman–Crippen MR) is 141 cm³/mol. The minimum Gasteiger partial charge on any atom is -0.398 e. The maximum Gasteiger partial charge on any atom is 0.196 e. The van der Waals surface area contributed by atoms with E-state index in [1.54, 1.807) is 14.0 Å². The molecule has 34 heavy (non-hydrogen) atoms. The van der Waals surface area contributed by atoms with Crippen LogP contribution < -0.4 is 5.73 Å². The van der Waals surface area contributed by atoms with Gasteiger partial charge < -0.3 is 11.1 Å². The Morgan fingerprint density at radius 3 is 2.32 bits per heavy atom. The first-order valence-electron chi connectivity index (χ1n) is 13.2. The quantitative estimate of drug-likeness (QED) is 0.252. The molecule has 4 aliphatic rings. The second kappa shape index (κ2) is 10.0. The number of hydrogen-bond donors (Lipinski definition) is 2. The number of carbonyl (C=O) groups is 1. The number of nitrogens with one attached hydrogen (secondary N) is 1. The van der Waals surface area contributed by atoms with Crippen LogP contribution in [0.3, 0.4) is 0 Å². The van der Waals surface area contributed by atoms with Crippen molar-refractivity contribution in [3.05, 3.63) is 51.8 Å². The lowest BCUT2D eigenvalue weighted by atomic mass is 9.80. The van der Waals surface area contributed by atoms with Gasteiger partial charge in [-0.15, -0.1) is 0 Å². The first-order chi connectivity index (χ1) is 16.2. The highest BCUT2D eigenvalue weighted by atomic mass is 16.1. The predicted octanol–water partition coefficient (Wildman–Crippen LogP) is 6.36. The number of ketones is 1. The Bertz CT molecular complexity index is 1040. The fraction of sp³-hybridized carbons (Fsp3) is 0.600. The summed E-state index contributed by atoms with van der Waals surface area (Å²) in [5, 5.41) is 8.32. The summed E-state index contributed by atoms with van der Waals surface area (Å²) in [5.74, 6) is 6.86. The lowest BCUT2D eigenvalue weighted by Gasteiger charge is -2.25. The van der Waals surface area contributed by atoms with Crippen molar-refractivity contribution in [2.24, 2.45) is 46.2 Å². The van der Waals surface area contributed by atoms with Crippen LogP contribution >= 0.6 is 0 Å². The summed E-state index contributed by atoms with van der Waals surface area (Å²) in [4.78, 5) is 17.6. The summed E-state index contributed by atoms with van der Waals surface area (Å²) in [6.45, 7) is 8.52. The number of nitrogens with zero attached hydrogens (tertiary/aromatic N) is 1. The van der Waals surface area contributed by atoms with Gasteiger partial charge in [0.05, 0.1) is 11.3 Å². The van der Waals surface area contributed by atoms with Gasteiger partial charge in [0.15, 0.2) is 5.78 Å². The van der Waals surface area contributed by atoms with Gasteiger partial charge in [-0.05, 0) is 106 Å². The highest BCUT2D eigenvalue weighted by Crippen LogP contribution is 2.50. The van der Waals surface area contributed by atoms with Gasteiger partial charge in [0, 0.05) is 29.5 Å². The molecular formula is C30H41N3O. The van der Waals surface area contributed by atoms with Crippen LogP contribution in [0.15, 0.2) is 56.8 Å². The lowest BCUT2D eigenvalue weighted by molar-refractivity contribution is -0.111. The summed E-state index contributed by atoms with van der Waals surface area (Å²) in [6, 6.07) is 0. The first-order valence-corrected chi connectivity index (χ1v) is 13.2. The largest absolute Gasteiger partial charge is 0.398 e. The zero-order chi connectivity index (χ0) is 24.6. The van der Waals surface area contributed by atoms with Crippen LogP contribution in [0.25, 0.3) is 0 Å². The second-order valence-corrected chi connectivity index (χ2v) is 11.3. The van der Waals surface area contributed by atoms with E-state index in [-0.39, 0.29) is 11.5 Å². The molecule has 1 unspecified atom stereocenters. The van der Waals surface area contributed by atoms with Gasteiger partial charge in [-0.2, -0.15) is 0 Å². The van der Waals surface area contributed by atoms with Crippen molar-refractivity contribution in [1.29, 1.82) is 5.41 Å². The highest BCUT2D eigenvalue weighted by Gasteiger charge is 2.41. The fourth-order valence-electron chi connectivity index (χ4n) is 6.22. The average Bonchev–Trinajstić information content (AvgIpc) is 3.71. The summed E-state index contributed by atoms with van der Waals surface area (Å²) in [6.07, 6.45) is 15.1. The van der Waals surface area contributed by atoms with E-state index in [1.165, 1.54) is 50.5 Å². The van der Waals surface area contributed by atoms with Crippen molar-refractivity contribution in [1.82, 2.24) is 0 Å². The minimum atomic E-state index is -0.107. The van der Waals surface area contributed by atoms with Gasteiger partial charge in [0.1, 0.15) is 0 Å². The van der Waals surface area contributed by atoms with Crippen LogP contribution in [0.5, 0.6) is 0 Å². The van der Waals surface area contributed by atoms with E-state index in [2.05, 4.69) is 43.8 Å². The van der Waals surface area contributed by atoms with E-state index in [4.69, 9.17) is 11.1 Å². The summed E-state index contributed by atoms with van der Waals surface area (Å²) >= 11 is 0. The Labute approximate surface area is 205 Å².